The highest BCUT2D eigenvalue weighted by Gasteiger charge is 2.20. The maximum absolute atomic E-state index is 12.2. The molecular weight excluding hydrogens is 320 g/mol. The van der Waals surface area contributed by atoms with E-state index in [0.717, 1.165) is 37.4 Å². The average molecular weight is 337 g/mol. The maximum atomic E-state index is 12.2. The quantitative estimate of drug-likeness (QED) is 0.915. The lowest BCUT2D eigenvalue weighted by atomic mass is 10.2. The summed E-state index contributed by atoms with van der Waals surface area (Å²) in [4.78, 5) is 20.7. The van der Waals surface area contributed by atoms with Gasteiger partial charge in [-0.1, -0.05) is 29.8 Å². The number of anilines is 1. The lowest BCUT2D eigenvalue weighted by Gasteiger charge is -2.32. The molecule has 22 heavy (non-hydrogen) atoms. The molecule has 0 radical (unpaired) electrons. The molecule has 0 spiro atoms. The van der Waals surface area contributed by atoms with Crippen LogP contribution in [-0.2, 0) is 0 Å². The molecular formula is C15H17ClN4OS. The van der Waals surface area contributed by atoms with Crippen LogP contribution in [0.3, 0.4) is 0 Å². The van der Waals surface area contributed by atoms with E-state index < -0.39 is 0 Å². The maximum Gasteiger partial charge on any atom is 0.323 e. The third-order valence-electron chi connectivity index (χ3n) is 3.66. The zero-order valence-corrected chi connectivity index (χ0v) is 13.8. The molecule has 1 aliphatic rings. The fourth-order valence-corrected chi connectivity index (χ4v) is 3.24. The molecule has 5 nitrogen and oxygen atoms in total. The molecule has 0 bridgehead atoms. The highest BCUT2D eigenvalue weighted by atomic mass is 35.5. The number of urea groups is 1. The number of nitrogens with one attached hydrogen (secondary N) is 1. The number of thiazole rings is 1. The van der Waals surface area contributed by atoms with E-state index in [1.165, 1.54) is 11.3 Å². The number of carbonyl (C=O) groups excluding carboxylic acids is 1. The third-order valence-corrected chi connectivity index (χ3v) is 4.75. The molecule has 2 amide bonds. The Bertz CT molecular complexity index is 667. The standard InChI is InChI=1S/C15H17ClN4OS/c1-19-6-8-20(9-7-19)15(21)18-14-17-13(10-22-14)11-4-2-3-5-12(11)16/h2-5,10H,6-9H2,1H3,(H,17,18,21). The Morgan fingerprint density at radius 3 is 2.73 bits per heavy atom. The first-order chi connectivity index (χ1) is 10.6. The van der Waals surface area contributed by atoms with Crippen molar-refractivity contribution in [3.63, 3.8) is 0 Å². The van der Waals surface area contributed by atoms with Gasteiger partial charge in [-0.25, -0.2) is 9.78 Å². The minimum atomic E-state index is -0.0897. The molecule has 0 atom stereocenters. The van der Waals surface area contributed by atoms with Crippen molar-refractivity contribution in [2.75, 3.05) is 38.5 Å². The van der Waals surface area contributed by atoms with Gasteiger partial charge in [0, 0.05) is 42.1 Å². The SMILES string of the molecule is CN1CCN(C(=O)Nc2nc(-c3ccccc3Cl)cs2)CC1. The van der Waals surface area contributed by atoms with Crippen molar-refractivity contribution >= 4 is 34.1 Å². The van der Waals surface area contributed by atoms with Crippen LogP contribution in [0.25, 0.3) is 11.3 Å². The predicted molar refractivity (Wildman–Crippen MR) is 90.6 cm³/mol. The number of rotatable bonds is 2. The minimum absolute atomic E-state index is 0.0897. The van der Waals surface area contributed by atoms with Gasteiger partial charge in [-0.15, -0.1) is 11.3 Å². The number of hydrogen-bond acceptors (Lipinski definition) is 4. The number of nitrogens with zero attached hydrogens (tertiary/aromatic N) is 3. The summed E-state index contributed by atoms with van der Waals surface area (Å²) in [7, 11) is 2.06. The fraction of sp³-hybridized carbons (Fsp3) is 0.333. The van der Waals surface area contributed by atoms with Crippen LogP contribution in [0, 0.1) is 0 Å². The second-order valence-electron chi connectivity index (χ2n) is 5.24. The Hall–Kier alpha value is -1.63. The third kappa shape index (κ3) is 3.40. The Kier molecular flexibility index (Phi) is 4.61. The summed E-state index contributed by atoms with van der Waals surface area (Å²) in [5, 5.41) is 6.03. The molecule has 1 fully saturated rings. The number of likely N-dealkylation sites (N-methyl/N-ethyl adjacent to an activating group) is 1. The Morgan fingerprint density at radius 2 is 2.00 bits per heavy atom. The van der Waals surface area contributed by atoms with Crippen LogP contribution in [-0.4, -0.2) is 54.0 Å². The van der Waals surface area contributed by atoms with Crippen molar-refractivity contribution in [2.45, 2.75) is 0 Å². The van der Waals surface area contributed by atoms with E-state index in [2.05, 4.69) is 22.2 Å². The topological polar surface area (TPSA) is 48.5 Å². The first-order valence-corrected chi connectivity index (χ1v) is 8.34. The van der Waals surface area contributed by atoms with Gasteiger partial charge in [0.05, 0.1) is 5.69 Å². The zero-order chi connectivity index (χ0) is 15.5. The number of hydrogen-bond donors (Lipinski definition) is 1. The van der Waals surface area contributed by atoms with Crippen LogP contribution < -0.4 is 5.32 Å². The second-order valence-corrected chi connectivity index (χ2v) is 6.50. The first kappa shape index (κ1) is 15.3. The number of benzene rings is 1. The Labute approximate surface area is 138 Å². The van der Waals surface area contributed by atoms with E-state index in [1.807, 2.05) is 34.5 Å². The van der Waals surface area contributed by atoms with Gasteiger partial charge >= 0.3 is 6.03 Å². The van der Waals surface area contributed by atoms with E-state index in [4.69, 9.17) is 11.6 Å². The Morgan fingerprint density at radius 1 is 1.27 bits per heavy atom. The van der Waals surface area contributed by atoms with Gasteiger partial charge in [-0.3, -0.25) is 5.32 Å². The van der Waals surface area contributed by atoms with Gasteiger partial charge in [0.25, 0.3) is 0 Å². The highest BCUT2D eigenvalue weighted by Crippen LogP contribution is 2.30. The molecule has 7 heteroatoms. The summed E-state index contributed by atoms with van der Waals surface area (Å²) in [6, 6.07) is 7.47. The van der Waals surface area contributed by atoms with E-state index in [-0.39, 0.29) is 6.03 Å². The van der Waals surface area contributed by atoms with Crippen LogP contribution in [0.1, 0.15) is 0 Å². The van der Waals surface area contributed by atoms with Gasteiger partial charge in [0.2, 0.25) is 0 Å². The molecule has 1 N–H and O–H groups in total. The monoisotopic (exact) mass is 336 g/mol. The molecule has 116 valence electrons. The molecule has 0 unspecified atom stereocenters. The first-order valence-electron chi connectivity index (χ1n) is 7.08. The van der Waals surface area contributed by atoms with Crippen molar-refractivity contribution < 1.29 is 4.79 Å². The number of amides is 2. The average Bonchev–Trinajstić information content (AvgIpc) is 2.96. The van der Waals surface area contributed by atoms with Crippen molar-refractivity contribution in [3.8, 4) is 11.3 Å². The van der Waals surface area contributed by atoms with Crippen LogP contribution in [0.2, 0.25) is 5.02 Å². The lowest BCUT2D eigenvalue weighted by molar-refractivity contribution is 0.164. The van der Waals surface area contributed by atoms with Crippen molar-refractivity contribution in [1.82, 2.24) is 14.8 Å². The number of aromatic nitrogens is 1. The van der Waals surface area contributed by atoms with Crippen molar-refractivity contribution in [1.29, 1.82) is 0 Å². The summed E-state index contributed by atoms with van der Waals surface area (Å²) < 4.78 is 0. The molecule has 1 saturated heterocycles. The summed E-state index contributed by atoms with van der Waals surface area (Å²) in [6.07, 6.45) is 0. The van der Waals surface area contributed by atoms with Gasteiger partial charge in [-0.2, -0.15) is 0 Å². The van der Waals surface area contributed by atoms with E-state index in [1.54, 1.807) is 0 Å². The molecule has 1 aliphatic heterocycles. The second kappa shape index (κ2) is 6.64. The number of piperazine rings is 1. The van der Waals surface area contributed by atoms with Crippen molar-refractivity contribution in [2.24, 2.45) is 0 Å². The summed E-state index contributed by atoms with van der Waals surface area (Å²) in [6.45, 7) is 3.28. The van der Waals surface area contributed by atoms with E-state index >= 15 is 0 Å². The predicted octanol–water partition coefficient (Wildman–Crippen LogP) is 3.24. The molecule has 2 aromatic rings. The van der Waals surface area contributed by atoms with Crippen molar-refractivity contribution in [3.05, 3.63) is 34.7 Å². The lowest BCUT2D eigenvalue weighted by Crippen LogP contribution is -2.48. The van der Waals surface area contributed by atoms with Crippen LogP contribution in [0.15, 0.2) is 29.6 Å². The van der Waals surface area contributed by atoms with Gasteiger partial charge < -0.3 is 9.80 Å². The largest absolute Gasteiger partial charge is 0.323 e. The highest BCUT2D eigenvalue weighted by molar-refractivity contribution is 7.14. The van der Waals surface area contributed by atoms with Gasteiger partial charge in [-0.05, 0) is 13.1 Å². The Balaban J connectivity index is 1.67. The number of halogens is 1. The molecule has 1 aromatic carbocycles. The minimum Gasteiger partial charge on any atom is -0.322 e. The molecule has 2 heterocycles. The molecule has 3 rings (SSSR count). The van der Waals surface area contributed by atoms with Crippen LogP contribution in [0.5, 0.6) is 0 Å². The smallest absolute Gasteiger partial charge is 0.322 e. The van der Waals surface area contributed by atoms with Gasteiger partial charge in [0.1, 0.15) is 0 Å². The van der Waals surface area contributed by atoms with E-state index in [0.29, 0.717) is 10.2 Å². The van der Waals surface area contributed by atoms with Crippen LogP contribution in [0.4, 0.5) is 9.93 Å². The van der Waals surface area contributed by atoms with Gasteiger partial charge in [0.15, 0.2) is 5.13 Å². The summed E-state index contributed by atoms with van der Waals surface area (Å²) >= 11 is 7.58. The zero-order valence-electron chi connectivity index (χ0n) is 12.3. The summed E-state index contributed by atoms with van der Waals surface area (Å²) in [5.74, 6) is 0. The molecule has 0 saturated carbocycles. The van der Waals surface area contributed by atoms with Crippen LogP contribution >= 0.6 is 22.9 Å². The van der Waals surface area contributed by atoms with E-state index in [9.17, 15) is 4.79 Å². The normalized spacial score (nSPS) is 15.8. The molecule has 0 aliphatic carbocycles. The fourth-order valence-electron chi connectivity index (χ4n) is 2.30. The number of carbonyl (C=O) groups is 1. The molecule has 1 aromatic heterocycles. The summed E-state index contributed by atoms with van der Waals surface area (Å²) in [5.41, 5.74) is 1.66.